The number of hydrogen-bond donors (Lipinski definition) is 2. The molecule has 2 N–H and O–H groups in total. The van der Waals surface area contributed by atoms with Crippen LogP contribution in [0.1, 0.15) is 16.7 Å². The molecule has 4 aromatic rings. The van der Waals surface area contributed by atoms with Crippen molar-refractivity contribution >= 4 is 35.0 Å². The van der Waals surface area contributed by atoms with Crippen molar-refractivity contribution in [3.8, 4) is 17.3 Å². The van der Waals surface area contributed by atoms with Crippen LogP contribution in [0.15, 0.2) is 60.9 Å². The van der Waals surface area contributed by atoms with Crippen molar-refractivity contribution in [2.75, 3.05) is 16.8 Å². The molecule has 0 bridgehead atoms. The molecule has 2 aromatic heterocycles. The number of benzene rings is 2. The smallest absolute Gasteiger partial charge is 0.231 e. The first-order valence-electron chi connectivity index (χ1n) is 11.3. The topological polar surface area (TPSA) is 120 Å². The molecule has 1 amide bonds. The molecule has 180 valence electrons. The highest BCUT2D eigenvalue weighted by molar-refractivity contribution is 6.31. The van der Waals surface area contributed by atoms with E-state index in [1.807, 2.05) is 25.2 Å². The average Bonchev–Trinajstić information content (AvgIpc) is 3.47. The van der Waals surface area contributed by atoms with Crippen LogP contribution in [0, 0.1) is 11.3 Å². The standard InChI is InChI=1S/C26H22ClN7O2/c1-33-23(7-9-30-33)32-26-29-8-6-22(31-26)17-10-18-12-20(15-35)34(25(18)19(11-17)14-28)24(36)13-16-4-2-3-5-21(16)27/h2-11,20,35H,12-13,15H2,1H3,(H,29,31,32). The Labute approximate surface area is 212 Å². The van der Waals surface area contributed by atoms with Gasteiger partial charge in [-0.25, -0.2) is 9.97 Å². The highest BCUT2D eigenvalue weighted by Gasteiger charge is 2.36. The molecule has 0 saturated heterocycles. The number of aliphatic hydroxyl groups excluding tert-OH is 1. The minimum atomic E-state index is -0.468. The van der Waals surface area contributed by atoms with Crippen molar-refractivity contribution in [2.24, 2.45) is 7.05 Å². The van der Waals surface area contributed by atoms with Crippen LogP contribution in [-0.2, 0) is 24.7 Å². The number of carbonyl (C=O) groups excluding carboxylic acids is 1. The van der Waals surface area contributed by atoms with Crippen molar-refractivity contribution in [1.82, 2.24) is 19.7 Å². The number of nitriles is 1. The zero-order valence-electron chi connectivity index (χ0n) is 19.4. The molecule has 9 nitrogen and oxygen atoms in total. The molecule has 0 spiro atoms. The van der Waals surface area contributed by atoms with Gasteiger partial charge in [-0.3, -0.25) is 9.48 Å². The summed E-state index contributed by atoms with van der Waals surface area (Å²) in [5.74, 6) is 0.895. The Morgan fingerprint density at radius 3 is 2.81 bits per heavy atom. The highest BCUT2D eigenvalue weighted by Crippen LogP contribution is 2.39. The van der Waals surface area contributed by atoms with E-state index in [1.165, 1.54) is 4.90 Å². The lowest BCUT2D eigenvalue weighted by Crippen LogP contribution is -2.41. The van der Waals surface area contributed by atoms with Gasteiger partial charge < -0.3 is 15.3 Å². The van der Waals surface area contributed by atoms with Gasteiger partial charge in [-0.05, 0) is 41.8 Å². The fourth-order valence-corrected chi connectivity index (χ4v) is 4.65. The fraction of sp³-hybridized carbons (Fsp3) is 0.192. The predicted octanol–water partition coefficient (Wildman–Crippen LogP) is 3.64. The first-order chi connectivity index (χ1) is 17.5. The van der Waals surface area contributed by atoms with Crippen LogP contribution in [0.4, 0.5) is 17.5 Å². The molecule has 5 rings (SSSR count). The van der Waals surface area contributed by atoms with Gasteiger partial charge in [0, 0.05) is 29.9 Å². The van der Waals surface area contributed by atoms with Gasteiger partial charge in [0.05, 0.1) is 42.2 Å². The number of nitrogens with one attached hydrogen (secondary N) is 1. The molecule has 2 aromatic carbocycles. The van der Waals surface area contributed by atoms with Gasteiger partial charge in [-0.15, -0.1) is 0 Å². The molecular formula is C26H22ClN7O2. The van der Waals surface area contributed by atoms with Crippen LogP contribution in [0.2, 0.25) is 5.02 Å². The number of anilines is 3. The van der Waals surface area contributed by atoms with Gasteiger partial charge in [0.15, 0.2) is 0 Å². The third kappa shape index (κ3) is 4.40. The third-order valence-electron chi connectivity index (χ3n) is 6.16. The van der Waals surface area contributed by atoms with Crippen molar-refractivity contribution in [2.45, 2.75) is 18.9 Å². The zero-order chi connectivity index (χ0) is 25.2. The minimum Gasteiger partial charge on any atom is -0.394 e. The van der Waals surface area contributed by atoms with E-state index in [-0.39, 0.29) is 18.9 Å². The van der Waals surface area contributed by atoms with Gasteiger partial charge in [0.1, 0.15) is 11.9 Å². The van der Waals surface area contributed by atoms with Gasteiger partial charge in [0.25, 0.3) is 0 Å². The van der Waals surface area contributed by atoms with Gasteiger partial charge in [-0.1, -0.05) is 29.8 Å². The molecule has 0 fully saturated rings. The number of hydrogen-bond acceptors (Lipinski definition) is 7. The van der Waals surface area contributed by atoms with Crippen molar-refractivity contribution in [3.63, 3.8) is 0 Å². The second-order valence-corrected chi connectivity index (χ2v) is 8.85. The molecule has 36 heavy (non-hydrogen) atoms. The van der Waals surface area contributed by atoms with E-state index in [9.17, 15) is 15.2 Å². The number of aromatic nitrogens is 4. The van der Waals surface area contributed by atoms with Crippen molar-refractivity contribution in [3.05, 3.63) is 82.6 Å². The summed E-state index contributed by atoms with van der Waals surface area (Å²) in [5, 5.41) is 27.8. The zero-order valence-corrected chi connectivity index (χ0v) is 20.1. The van der Waals surface area contributed by atoms with E-state index in [1.54, 1.807) is 47.4 Å². The summed E-state index contributed by atoms with van der Waals surface area (Å²) in [7, 11) is 1.81. The van der Waals surface area contributed by atoms with Crippen molar-refractivity contribution in [1.29, 1.82) is 5.26 Å². The SMILES string of the molecule is Cn1nccc1Nc1nccc(-c2cc(C#N)c3c(c2)CC(CO)N3C(=O)Cc2ccccc2Cl)n1. The number of nitrogens with zero attached hydrogens (tertiary/aromatic N) is 6. The summed E-state index contributed by atoms with van der Waals surface area (Å²) in [6.07, 6.45) is 3.80. The number of carbonyl (C=O) groups is 1. The highest BCUT2D eigenvalue weighted by atomic mass is 35.5. The van der Waals surface area contributed by atoms with Crippen LogP contribution < -0.4 is 10.2 Å². The Morgan fingerprint density at radius 1 is 1.25 bits per heavy atom. The number of halogens is 1. The molecule has 10 heteroatoms. The number of aryl methyl sites for hydroxylation is 1. The van der Waals surface area contributed by atoms with Crippen LogP contribution in [0.25, 0.3) is 11.3 Å². The van der Waals surface area contributed by atoms with Crippen LogP contribution >= 0.6 is 11.6 Å². The summed E-state index contributed by atoms with van der Waals surface area (Å²) in [5.41, 5.74) is 3.70. The summed E-state index contributed by atoms with van der Waals surface area (Å²) in [6.45, 7) is -0.227. The first-order valence-corrected chi connectivity index (χ1v) is 11.7. The summed E-state index contributed by atoms with van der Waals surface area (Å²) >= 11 is 6.26. The van der Waals surface area contributed by atoms with Crippen LogP contribution in [-0.4, -0.2) is 43.4 Å². The lowest BCUT2D eigenvalue weighted by atomic mass is 10.0. The maximum atomic E-state index is 13.4. The molecule has 3 heterocycles. The monoisotopic (exact) mass is 499 g/mol. The largest absolute Gasteiger partial charge is 0.394 e. The first kappa shape index (κ1) is 23.5. The maximum absolute atomic E-state index is 13.4. The lowest BCUT2D eigenvalue weighted by Gasteiger charge is -2.25. The third-order valence-corrected chi connectivity index (χ3v) is 6.53. The Kier molecular flexibility index (Phi) is 6.38. The van der Waals surface area contributed by atoms with Crippen LogP contribution in [0.5, 0.6) is 0 Å². The Hall–Kier alpha value is -4.26. The van der Waals surface area contributed by atoms with E-state index in [2.05, 4.69) is 26.5 Å². The molecule has 1 aliphatic heterocycles. The number of aliphatic hydroxyl groups is 1. The van der Waals surface area contributed by atoms with Crippen LogP contribution in [0.3, 0.4) is 0 Å². The second kappa shape index (κ2) is 9.77. The van der Waals surface area contributed by atoms with Crippen molar-refractivity contribution < 1.29 is 9.90 Å². The molecule has 0 aliphatic carbocycles. The lowest BCUT2D eigenvalue weighted by molar-refractivity contribution is -0.118. The Balaban J connectivity index is 1.49. The summed E-state index contributed by atoms with van der Waals surface area (Å²) in [4.78, 5) is 23.8. The quantitative estimate of drug-likeness (QED) is 0.415. The van der Waals surface area contributed by atoms with E-state index in [0.29, 0.717) is 39.9 Å². The van der Waals surface area contributed by atoms with Gasteiger partial charge >= 0.3 is 0 Å². The summed E-state index contributed by atoms with van der Waals surface area (Å²) < 4.78 is 1.67. The molecule has 1 unspecified atom stereocenters. The number of amides is 1. The maximum Gasteiger partial charge on any atom is 0.231 e. The number of rotatable bonds is 6. The minimum absolute atomic E-state index is 0.0667. The van der Waals surface area contributed by atoms with E-state index >= 15 is 0 Å². The van der Waals surface area contributed by atoms with Gasteiger partial charge in [0.2, 0.25) is 11.9 Å². The Morgan fingerprint density at radius 2 is 2.08 bits per heavy atom. The molecular weight excluding hydrogens is 478 g/mol. The second-order valence-electron chi connectivity index (χ2n) is 8.45. The Bertz CT molecular complexity index is 1490. The average molecular weight is 500 g/mol. The summed E-state index contributed by atoms with van der Waals surface area (Å²) in [6, 6.07) is 16.1. The number of fused-ring (bicyclic) bond motifs is 1. The fourth-order valence-electron chi connectivity index (χ4n) is 4.45. The van der Waals surface area contributed by atoms with E-state index < -0.39 is 6.04 Å². The van der Waals surface area contributed by atoms with E-state index in [4.69, 9.17) is 11.6 Å². The molecule has 1 aliphatic rings. The molecule has 1 atom stereocenters. The molecule has 0 radical (unpaired) electrons. The molecule has 0 saturated carbocycles. The predicted molar refractivity (Wildman–Crippen MR) is 136 cm³/mol. The van der Waals surface area contributed by atoms with E-state index in [0.717, 1.165) is 16.9 Å². The normalized spacial score (nSPS) is 14.4. The van der Waals surface area contributed by atoms with Gasteiger partial charge in [-0.2, -0.15) is 10.4 Å².